The van der Waals surface area contributed by atoms with Crippen LogP contribution in [0.4, 0.5) is 15.8 Å². The van der Waals surface area contributed by atoms with E-state index in [4.69, 9.17) is 10.5 Å². The molecule has 0 spiro atoms. The number of nitrogens with one attached hydrogen (secondary N) is 1. The predicted molar refractivity (Wildman–Crippen MR) is 75.9 cm³/mol. The van der Waals surface area contributed by atoms with Crippen molar-refractivity contribution in [2.24, 2.45) is 0 Å². The lowest BCUT2D eigenvalue weighted by molar-refractivity contribution is -0.121. The average molecular weight is 281 g/mol. The van der Waals surface area contributed by atoms with Crippen LogP contribution in [-0.4, -0.2) is 43.2 Å². The molecule has 1 aromatic carbocycles. The molecule has 0 bridgehead atoms. The second kappa shape index (κ2) is 6.19. The molecule has 1 aliphatic rings. The van der Waals surface area contributed by atoms with Crippen LogP contribution in [0.15, 0.2) is 18.2 Å². The number of nitrogens with two attached hydrogens (primary N) is 1. The Balaban J connectivity index is 1.99. The molecule has 2 rings (SSSR count). The van der Waals surface area contributed by atoms with E-state index in [1.54, 1.807) is 0 Å². The van der Waals surface area contributed by atoms with Crippen LogP contribution in [0.1, 0.15) is 13.3 Å². The number of nitrogen functional groups attached to an aromatic ring is 1. The highest BCUT2D eigenvalue weighted by Crippen LogP contribution is 2.20. The number of rotatable bonds is 4. The molecule has 0 radical (unpaired) electrons. The van der Waals surface area contributed by atoms with Crippen molar-refractivity contribution >= 4 is 17.3 Å². The largest absolute Gasteiger partial charge is 0.397 e. The molecule has 20 heavy (non-hydrogen) atoms. The quantitative estimate of drug-likeness (QED) is 0.820. The van der Waals surface area contributed by atoms with Gasteiger partial charge < -0.3 is 15.8 Å². The summed E-state index contributed by atoms with van der Waals surface area (Å²) in [6.45, 7) is 3.20. The maximum Gasteiger partial charge on any atom is 0.241 e. The standard InChI is InChI=1S/C14H20FN3O2/c1-9(18(2)11-5-6-20-8-11)14(19)17-13-4-3-10(15)7-12(13)16/h3-4,7,9,11H,5-6,8,16H2,1-2H3,(H,17,19). The molecule has 1 heterocycles. The zero-order chi connectivity index (χ0) is 14.7. The summed E-state index contributed by atoms with van der Waals surface area (Å²) < 4.78 is 18.3. The van der Waals surface area contributed by atoms with Crippen molar-refractivity contribution in [1.29, 1.82) is 0 Å². The molecule has 0 aromatic heterocycles. The van der Waals surface area contributed by atoms with Crippen molar-refractivity contribution in [2.45, 2.75) is 25.4 Å². The summed E-state index contributed by atoms with van der Waals surface area (Å²) in [5.74, 6) is -0.591. The summed E-state index contributed by atoms with van der Waals surface area (Å²) >= 11 is 0. The van der Waals surface area contributed by atoms with E-state index in [-0.39, 0.29) is 23.7 Å². The van der Waals surface area contributed by atoms with Crippen LogP contribution < -0.4 is 11.1 Å². The summed E-state index contributed by atoms with van der Waals surface area (Å²) in [4.78, 5) is 14.2. The monoisotopic (exact) mass is 281 g/mol. The normalized spacial score (nSPS) is 20.1. The van der Waals surface area contributed by atoms with E-state index < -0.39 is 5.82 Å². The van der Waals surface area contributed by atoms with E-state index in [1.807, 2.05) is 18.9 Å². The molecule has 2 atom stereocenters. The molecule has 6 heteroatoms. The van der Waals surface area contributed by atoms with E-state index in [2.05, 4.69) is 5.32 Å². The lowest BCUT2D eigenvalue weighted by Crippen LogP contribution is -2.45. The maximum absolute atomic E-state index is 13.0. The first-order chi connectivity index (χ1) is 9.49. The van der Waals surface area contributed by atoms with Gasteiger partial charge in [-0.3, -0.25) is 9.69 Å². The first-order valence-electron chi connectivity index (χ1n) is 6.64. The molecule has 5 nitrogen and oxygen atoms in total. The summed E-state index contributed by atoms with van der Waals surface area (Å²) in [7, 11) is 1.90. The van der Waals surface area contributed by atoms with Crippen LogP contribution in [0.25, 0.3) is 0 Å². The predicted octanol–water partition coefficient (Wildman–Crippen LogP) is 1.46. The number of nitrogens with zero attached hydrogens (tertiary/aromatic N) is 1. The Morgan fingerprint density at radius 3 is 2.95 bits per heavy atom. The zero-order valence-corrected chi connectivity index (χ0v) is 11.7. The number of ether oxygens (including phenoxy) is 1. The lowest BCUT2D eigenvalue weighted by Gasteiger charge is -2.28. The Bertz CT molecular complexity index is 489. The molecular weight excluding hydrogens is 261 g/mol. The minimum atomic E-state index is -0.422. The summed E-state index contributed by atoms with van der Waals surface area (Å²) in [5.41, 5.74) is 6.33. The van der Waals surface area contributed by atoms with Gasteiger partial charge in [0.2, 0.25) is 5.91 Å². The number of hydrogen-bond acceptors (Lipinski definition) is 4. The second-order valence-electron chi connectivity index (χ2n) is 5.08. The molecule has 3 N–H and O–H groups in total. The van der Waals surface area contributed by atoms with Gasteiger partial charge in [0.05, 0.1) is 24.0 Å². The number of carbonyl (C=O) groups is 1. The van der Waals surface area contributed by atoms with Gasteiger partial charge in [0, 0.05) is 12.6 Å². The molecular formula is C14H20FN3O2. The van der Waals surface area contributed by atoms with Crippen LogP contribution in [0.5, 0.6) is 0 Å². The van der Waals surface area contributed by atoms with Crippen molar-refractivity contribution in [3.05, 3.63) is 24.0 Å². The minimum absolute atomic E-state index is 0.169. The Hall–Kier alpha value is -1.66. The number of anilines is 2. The van der Waals surface area contributed by atoms with Gasteiger partial charge in [0.25, 0.3) is 0 Å². The van der Waals surface area contributed by atoms with Gasteiger partial charge in [-0.2, -0.15) is 0 Å². The van der Waals surface area contributed by atoms with Crippen molar-refractivity contribution in [3.63, 3.8) is 0 Å². The van der Waals surface area contributed by atoms with Crippen LogP contribution in [0.3, 0.4) is 0 Å². The Kier molecular flexibility index (Phi) is 4.57. The Morgan fingerprint density at radius 1 is 1.60 bits per heavy atom. The molecule has 0 aliphatic carbocycles. The van der Waals surface area contributed by atoms with E-state index in [1.165, 1.54) is 18.2 Å². The molecule has 1 aromatic rings. The van der Waals surface area contributed by atoms with Gasteiger partial charge >= 0.3 is 0 Å². The van der Waals surface area contributed by atoms with Crippen LogP contribution >= 0.6 is 0 Å². The van der Waals surface area contributed by atoms with Crippen molar-refractivity contribution in [1.82, 2.24) is 4.90 Å². The average Bonchev–Trinajstić information content (AvgIpc) is 2.94. The number of amides is 1. The number of halogens is 1. The number of hydrogen-bond donors (Lipinski definition) is 2. The molecule has 1 fully saturated rings. The third kappa shape index (κ3) is 3.26. The van der Waals surface area contributed by atoms with Gasteiger partial charge in [-0.15, -0.1) is 0 Å². The highest BCUT2D eigenvalue weighted by Gasteiger charge is 2.27. The highest BCUT2D eigenvalue weighted by molar-refractivity contribution is 5.97. The fraction of sp³-hybridized carbons (Fsp3) is 0.500. The topological polar surface area (TPSA) is 67.6 Å². The number of likely N-dealkylation sites (N-methyl/N-ethyl adjacent to an activating group) is 1. The third-order valence-corrected chi connectivity index (χ3v) is 3.74. The smallest absolute Gasteiger partial charge is 0.241 e. The first-order valence-corrected chi connectivity index (χ1v) is 6.64. The Morgan fingerprint density at radius 2 is 2.35 bits per heavy atom. The molecule has 2 unspecified atom stereocenters. The number of carbonyl (C=O) groups excluding carboxylic acids is 1. The van der Waals surface area contributed by atoms with Gasteiger partial charge in [0.1, 0.15) is 5.82 Å². The van der Waals surface area contributed by atoms with Gasteiger partial charge in [0.15, 0.2) is 0 Å². The summed E-state index contributed by atoms with van der Waals surface area (Å²) in [6.07, 6.45) is 0.923. The van der Waals surface area contributed by atoms with Crippen LogP contribution in [0.2, 0.25) is 0 Å². The second-order valence-corrected chi connectivity index (χ2v) is 5.08. The van der Waals surface area contributed by atoms with E-state index in [0.717, 1.165) is 13.0 Å². The maximum atomic E-state index is 13.0. The van der Waals surface area contributed by atoms with E-state index in [9.17, 15) is 9.18 Å². The Labute approximate surface area is 117 Å². The fourth-order valence-electron chi connectivity index (χ4n) is 2.23. The van der Waals surface area contributed by atoms with Crippen LogP contribution in [0, 0.1) is 5.82 Å². The molecule has 1 saturated heterocycles. The van der Waals surface area contributed by atoms with Crippen molar-refractivity contribution in [2.75, 3.05) is 31.3 Å². The number of benzene rings is 1. The first kappa shape index (κ1) is 14.7. The molecule has 1 aliphatic heterocycles. The highest BCUT2D eigenvalue weighted by atomic mass is 19.1. The van der Waals surface area contributed by atoms with Gasteiger partial charge in [-0.1, -0.05) is 0 Å². The van der Waals surface area contributed by atoms with E-state index >= 15 is 0 Å². The fourth-order valence-corrected chi connectivity index (χ4v) is 2.23. The minimum Gasteiger partial charge on any atom is -0.397 e. The lowest BCUT2D eigenvalue weighted by atomic mass is 10.1. The van der Waals surface area contributed by atoms with E-state index in [0.29, 0.717) is 12.3 Å². The molecule has 0 saturated carbocycles. The van der Waals surface area contributed by atoms with Gasteiger partial charge in [-0.25, -0.2) is 4.39 Å². The van der Waals surface area contributed by atoms with Crippen molar-refractivity contribution < 1.29 is 13.9 Å². The van der Waals surface area contributed by atoms with Crippen molar-refractivity contribution in [3.8, 4) is 0 Å². The molecule has 1 amide bonds. The third-order valence-electron chi connectivity index (χ3n) is 3.74. The van der Waals surface area contributed by atoms with Gasteiger partial charge in [-0.05, 0) is 38.6 Å². The molecule has 110 valence electrons. The SMILES string of the molecule is CC(C(=O)Nc1ccc(F)cc1N)N(C)C1CCOC1. The van der Waals surface area contributed by atoms with Crippen LogP contribution in [-0.2, 0) is 9.53 Å². The summed E-state index contributed by atoms with van der Waals surface area (Å²) in [5, 5.41) is 2.73. The summed E-state index contributed by atoms with van der Waals surface area (Å²) in [6, 6.07) is 3.86. The zero-order valence-electron chi connectivity index (χ0n) is 11.7.